The average Bonchev–Trinajstić information content (AvgIpc) is 2.36. The Kier molecular flexibility index (Phi) is 6.36. The number of carbonyl (C=O) groups excluding carboxylic acids is 1. The van der Waals surface area contributed by atoms with Gasteiger partial charge in [0.2, 0.25) is 0 Å². The van der Waals surface area contributed by atoms with Crippen LogP contribution in [0.1, 0.15) is 45.1 Å². The molecule has 0 saturated carbocycles. The molecule has 106 valence electrons. The molecule has 0 radical (unpaired) electrons. The van der Waals surface area contributed by atoms with Crippen molar-refractivity contribution in [2.24, 2.45) is 0 Å². The molecule has 19 heavy (non-hydrogen) atoms. The van der Waals surface area contributed by atoms with Crippen LogP contribution in [0, 0.1) is 0 Å². The van der Waals surface area contributed by atoms with Gasteiger partial charge < -0.3 is 15.7 Å². The second kappa shape index (κ2) is 7.79. The maximum absolute atomic E-state index is 11.9. The van der Waals surface area contributed by atoms with Crippen LogP contribution in [0.25, 0.3) is 0 Å². The average molecular weight is 264 g/mol. The third-order valence-electron chi connectivity index (χ3n) is 3.00. The number of anilines is 1. The SMILES string of the molecule is CC(CCCO)NC(=O)Nc1ccccc1C(C)C. The minimum Gasteiger partial charge on any atom is -0.396 e. The van der Waals surface area contributed by atoms with Gasteiger partial charge in [-0.2, -0.15) is 0 Å². The molecule has 0 fully saturated rings. The first-order chi connectivity index (χ1) is 9.04. The zero-order valence-corrected chi connectivity index (χ0v) is 11.9. The number of para-hydroxylation sites is 1. The van der Waals surface area contributed by atoms with Crippen LogP contribution in [0.15, 0.2) is 24.3 Å². The van der Waals surface area contributed by atoms with E-state index in [-0.39, 0.29) is 18.7 Å². The van der Waals surface area contributed by atoms with Gasteiger partial charge in [-0.25, -0.2) is 4.79 Å². The summed E-state index contributed by atoms with van der Waals surface area (Å²) in [6.45, 7) is 6.29. The van der Waals surface area contributed by atoms with E-state index < -0.39 is 0 Å². The van der Waals surface area contributed by atoms with Crippen molar-refractivity contribution in [3.63, 3.8) is 0 Å². The summed E-state index contributed by atoms with van der Waals surface area (Å²) in [7, 11) is 0. The Labute approximate surface area is 115 Å². The molecule has 4 nitrogen and oxygen atoms in total. The number of urea groups is 1. The lowest BCUT2D eigenvalue weighted by Gasteiger charge is -2.17. The Bertz CT molecular complexity index is 405. The second-order valence-electron chi connectivity index (χ2n) is 5.11. The quantitative estimate of drug-likeness (QED) is 0.739. The Balaban J connectivity index is 2.57. The van der Waals surface area contributed by atoms with E-state index in [1.54, 1.807) is 0 Å². The van der Waals surface area contributed by atoms with Crippen LogP contribution in [0.3, 0.4) is 0 Å². The third kappa shape index (κ3) is 5.30. The number of aliphatic hydroxyl groups is 1. The molecule has 0 bridgehead atoms. The Morgan fingerprint density at radius 1 is 1.26 bits per heavy atom. The van der Waals surface area contributed by atoms with E-state index in [0.717, 1.165) is 17.7 Å². The van der Waals surface area contributed by atoms with Gasteiger partial charge in [-0.3, -0.25) is 0 Å². The molecule has 4 heteroatoms. The molecule has 1 aromatic rings. The first-order valence-corrected chi connectivity index (χ1v) is 6.82. The smallest absolute Gasteiger partial charge is 0.319 e. The van der Waals surface area contributed by atoms with E-state index in [0.29, 0.717) is 12.3 Å². The van der Waals surface area contributed by atoms with Crippen LogP contribution >= 0.6 is 0 Å². The van der Waals surface area contributed by atoms with E-state index >= 15 is 0 Å². The maximum atomic E-state index is 11.9. The van der Waals surface area contributed by atoms with Gasteiger partial charge in [0.05, 0.1) is 0 Å². The fourth-order valence-electron chi connectivity index (χ4n) is 1.97. The van der Waals surface area contributed by atoms with Crippen LogP contribution in [0.4, 0.5) is 10.5 Å². The van der Waals surface area contributed by atoms with Gasteiger partial charge in [0.1, 0.15) is 0 Å². The molecule has 1 rings (SSSR count). The standard InChI is InChI=1S/C15H24N2O2/c1-11(2)13-8-4-5-9-14(13)17-15(19)16-12(3)7-6-10-18/h4-5,8-9,11-12,18H,6-7,10H2,1-3H3,(H2,16,17,19). The first kappa shape index (κ1) is 15.5. The van der Waals surface area contributed by atoms with E-state index in [1.807, 2.05) is 31.2 Å². The number of aliphatic hydroxyl groups excluding tert-OH is 1. The van der Waals surface area contributed by atoms with Gasteiger partial charge in [0.25, 0.3) is 0 Å². The second-order valence-corrected chi connectivity index (χ2v) is 5.11. The minimum absolute atomic E-state index is 0.0540. The number of amides is 2. The molecule has 3 N–H and O–H groups in total. The topological polar surface area (TPSA) is 61.4 Å². The van der Waals surface area contributed by atoms with Gasteiger partial charge in [-0.1, -0.05) is 32.0 Å². The van der Waals surface area contributed by atoms with Crippen LogP contribution in [-0.4, -0.2) is 23.8 Å². The number of nitrogens with one attached hydrogen (secondary N) is 2. The molecule has 1 aromatic carbocycles. The van der Waals surface area contributed by atoms with E-state index in [1.165, 1.54) is 0 Å². The van der Waals surface area contributed by atoms with Crippen LogP contribution in [0.5, 0.6) is 0 Å². The largest absolute Gasteiger partial charge is 0.396 e. The summed E-state index contributed by atoms with van der Waals surface area (Å²) < 4.78 is 0. The predicted molar refractivity (Wildman–Crippen MR) is 78.5 cm³/mol. The Morgan fingerprint density at radius 2 is 1.95 bits per heavy atom. The monoisotopic (exact) mass is 264 g/mol. The molecule has 0 aromatic heterocycles. The fraction of sp³-hybridized carbons (Fsp3) is 0.533. The molecular formula is C15H24N2O2. The lowest BCUT2D eigenvalue weighted by Crippen LogP contribution is -2.36. The highest BCUT2D eigenvalue weighted by Gasteiger charge is 2.10. The summed E-state index contributed by atoms with van der Waals surface area (Å²) in [5.41, 5.74) is 1.98. The highest BCUT2D eigenvalue weighted by molar-refractivity contribution is 5.90. The maximum Gasteiger partial charge on any atom is 0.319 e. The lowest BCUT2D eigenvalue weighted by molar-refractivity contribution is 0.245. The summed E-state index contributed by atoms with van der Waals surface area (Å²) in [6, 6.07) is 7.68. The van der Waals surface area contributed by atoms with Crippen molar-refractivity contribution in [2.75, 3.05) is 11.9 Å². The summed E-state index contributed by atoms with van der Waals surface area (Å²) in [5.74, 6) is 0.364. The number of carbonyl (C=O) groups is 1. The highest BCUT2D eigenvalue weighted by atomic mass is 16.3. The number of benzene rings is 1. The summed E-state index contributed by atoms with van der Waals surface area (Å²) in [6.07, 6.45) is 1.47. The lowest BCUT2D eigenvalue weighted by atomic mass is 10.0. The predicted octanol–water partition coefficient (Wildman–Crippen LogP) is 3.09. The van der Waals surface area contributed by atoms with Crippen molar-refractivity contribution in [1.29, 1.82) is 0 Å². The fourth-order valence-corrected chi connectivity index (χ4v) is 1.97. The molecule has 0 heterocycles. The van der Waals surface area contributed by atoms with Gasteiger partial charge in [-0.05, 0) is 37.3 Å². The van der Waals surface area contributed by atoms with Crippen molar-refractivity contribution in [2.45, 2.75) is 45.6 Å². The molecule has 1 atom stereocenters. The first-order valence-electron chi connectivity index (χ1n) is 6.82. The normalized spacial score (nSPS) is 12.3. The minimum atomic E-state index is -0.196. The zero-order chi connectivity index (χ0) is 14.3. The van der Waals surface area contributed by atoms with Gasteiger partial charge in [-0.15, -0.1) is 0 Å². The molecule has 2 amide bonds. The van der Waals surface area contributed by atoms with Crippen molar-refractivity contribution < 1.29 is 9.90 Å². The molecule has 0 aliphatic heterocycles. The zero-order valence-electron chi connectivity index (χ0n) is 11.9. The molecule has 0 spiro atoms. The molecule has 0 saturated heterocycles. The molecule has 0 aliphatic carbocycles. The Morgan fingerprint density at radius 3 is 2.58 bits per heavy atom. The molecule has 1 unspecified atom stereocenters. The summed E-state index contributed by atoms with van der Waals surface area (Å²) in [4.78, 5) is 11.9. The van der Waals surface area contributed by atoms with Gasteiger partial charge in [0.15, 0.2) is 0 Å². The van der Waals surface area contributed by atoms with E-state index in [9.17, 15) is 4.79 Å². The van der Waals surface area contributed by atoms with Crippen molar-refractivity contribution in [1.82, 2.24) is 5.32 Å². The third-order valence-corrected chi connectivity index (χ3v) is 3.00. The highest BCUT2D eigenvalue weighted by Crippen LogP contribution is 2.23. The van der Waals surface area contributed by atoms with Crippen molar-refractivity contribution >= 4 is 11.7 Å². The van der Waals surface area contributed by atoms with E-state index in [2.05, 4.69) is 24.5 Å². The summed E-state index contributed by atoms with van der Waals surface area (Å²) >= 11 is 0. The Hall–Kier alpha value is -1.55. The van der Waals surface area contributed by atoms with Crippen LogP contribution in [0.2, 0.25) is 0 Å². The van der Waals surface area contributed by atoms with Crippen molar-refractivity contribution in [3.8, 4) is 0 Å². The number of rotatable bonds is 6. The van der Waals surface area contributed by atoms with Gasteiger partial charge >= 0.3 is 6.03 Å². The number of hydrogen-bond donors (Lipinski definition) is 3. The van der Waals surface area contributed by atoms with Crippen molar-refractivity contribution in [3.05, 3.63) is 29.8 Å². The van der Waals surface area contributed by atoms with Gasteiger partial charge in [0, 0.05) is 18.3 Å². The van der Waals surface area contributed by atoms with Crippen LogP contribution in [-0.2, 0) is 0 Å². The molecular weight excluding hydrogens is 240 g/mol. The molecule has 0 aliphatic rings. The van der Waals surface area contributed by atoms with E-state index in [4.69, 9.17) is 5.11 Å². The van der Waals surface area contributed by atoms with Crippen LogP contribution < -0.4 is 10.6 Å². The summed E-state index contributed by atoms with van der Waals surface area (Å²) in [5, 5.41) is 14.5. The number of hydrogen-bond acceptors (Lipinski definition) is 2.